The van der Waals surface area contributed by atoms with Gasteiger partial charge < -0.3 is 9.67 Å². The van der Waals surface area contributed by atoms with Gasteiger partial charge in [0.1, 0.15) is 0 Å². The summed E-state index contributed by atoms with van der Waals surface area (Å²) in [4.78, 5) is 4.39. The van der Waals surface area contributed by atoms with Crippen molar-refractivity contribution in [2.45, 2.75) is 19.1 Å². The Kier molecular flexibility index (Phi) is 3.56. The number of aliphatic hydroxyl groups excluding tert-OH is 1. The lowest BCUT2D eigenvalue weighted by molar-refractivity contribution is 0.161. The second-order valence-corrected chi connectivity index (χ2v) is 5.84. The van der Waals surface area contributed by atoms with Crippen molar-refractivity contribution in [1.82, 2.24) is 9.55 Å². The summed E-state index contributed by atoms with van der Waals surface area (Å²) < 4.78 is 2.10. The molecule has 0 amide bonds. The molecular formula is C20H18N2O. The van der Waals surface area contributed by atoms with Crippen LogP contribution in [0.15, 0.2) is 73.1 Å². The molecule has 1 heterocycles. The van der Waals surface area contributed by atoms with Gasteiger partial charge in [0.2, 0.25) is 0 Å². The highest BCUT2D eigenvalue weighted by atomic mass is 16.3. The number of fused-ring (bicyclic) bond motifs is 2. The van der Waals surface area contributed by atoms with Gasteiger partial charge in [-0.2, -0.15) is 0 Å². The minimum absolute atomic E-state index is 0.472. The molecule has 1 atom stereocenters. The summed E-state index contributed by atoms with van der Waals surface area (Å²) in [5.41, 5.74) is 3.07. The predicted octanol–water partition coefficient (Wildman–Crippen LogP) is 4.31. The maximum Gasteiger partial charge on any atom is 0.0958 e. The third-order valence-electron chi connectivity index (χ3n) is 4.33. The predicted molar refractivity (Wildman–Crippen MR) is 93.3 cm³/mol. The Morgan fingerprint density at radius 1 is 0.913 bits per heavy atom. The first-order valence-electron chi connectivity index (χ1n) is 7.88. The standard InChI is InChI=1S/C20H18N2O/c23-20(17-10-9-15-5-1-2-6-16(15)13-17)11-12-22-14-21-18-7-3-4-8-19(18)22/h1-10,13-14,20,23H,11-12H2. The van der Waals surface area contributed by atoms with Crippen LogP contribution >= 0.6 is 0 Å². The summed E-state index contributed by atoms with van der Waals surface area (Å²) >= 11 is 0. The first-order valence-corrected chi connectivity index (χ1v) is 7.88. The van der Waals surface area contributed by atoms with Crippen LogP contribution < -0.4 is 0 Å². The highest BCUT2D eigenvalue weighted by Gasteiger charge is 2.09. The maximum atomic E-state index is 10.5. The number of benzene rings is 3. The van der Waals surface area contributed by atoms with E-state index >= 15 is 0 Å². The van der Waals surface area contributed by atoms with Crippen LogP contribution in [-0.4, -0.2) is 14.7 Å². The highest BCUT2D eigenvalue weighted by Crippen LogP contribution is 2.23. The van der Waals surface area contributed by atoms with Gasteiger partial charge in [-0.1, -0.05) is 48.5 Å². The van der Waals surface area contributed by atoms with Crippen LogP contribution in [0.2, 0.25) is 0 Å². The zero-order valence-electron chi connectivity index (χ0n) is 12.8. The third kappa shape index (κ3) is 2.71. The van der Waals surface area contributed by atoms with E-state index in [9.17, 15) is 5.11 Å². The van der Waals surface area contributed by atoms with Gasteiger partial charge in [-0.25, -0.2) is 4.98 Å². The molecule has 3 nitrogen and oxygen atoms in total. The lowest BCUT2D eigenvalue weighted by Crippen LogP contribution is -2.04. The Labute approximate surface area is 134 Å². The lowest BCUT2D eigenvalue weighted by atomic mass is 10.0. The zero-order chi connectivity index (χ0) is 15.6. The molecule has 4 aromatic rings. The number of aryl methyl sites for hydroxylation is 1. The van der Waals surface area contributed by atoms with E-state index in [-0.39, 0.29) is 0 Å². The number of para-hydroxylation sites is 2. The van der Waals surface area contributed by atoms with E-state index in [4.69, 9.17) is 0 Å². The largest absolute Gasteiger partial charge is 0.388 e. The number of nitrogens with zero attached hydrogens (tertiary/aromatic N) is 2. The fourth-order valence-corrected chi connectivity index (χ4v) is 3.03. The first kappa shape index (κ1) is 14.0. The molecule has 0 aliphatic rings. The molecule has 0 saturated heterocycles. The van der Waals surface area contributed by atoms with Gasteiger partial charge in [0.05, 0.1) is 23.5 Å². The Morgan fingerprint density at radius 3 is 2.61 bits per heavy atom. The van der Waals surface area contributed by atoms with Crippen molar-refractivity contribution in [3.63, 3.8) is 0 Å². The van der Waals surface area contributed by atoms with Crippen LogP contribution in [0.25, 0.3) is 21.8 Å². The van der Waals surface area contributed by atoms with Crippen molar-refractivity contribution < 1.29 is 5.11 Å². The van der Waals surface area contributed by atoms with Crippen LogP contribution in [0.1, 0.15) is 18.1 Å². The number of hydrogen-bond donors (Lipinski definition) is 1. The van der Waals surface area contributed by atoms with Crippen molar-refractivity contribution >= 4 is 21.8 Å². The van der Waals surface area contributed by atoms with Crippen LogP contribution in [0, 0.1) is 0 Å². The normalized spacial score (nSPS) is 12.7. The van der Waals surface area contributed by atoms with Crippen molar-refractivity contribution in [1.29, 1.82) is 0 Å². The van der Waals surface area contributed by atoms with Crippen molar-refractivity contribution in [3.8, 4) is 0 Å². The van der Waals surface area contributed by atoms with E-state index < -0.39 is 6.10 Å². The summed E-state index contributed by atoms with van der Waals surface area (Å²) in [5.74, 6) is 0. The molecule has 1 N–H and O–H groups in total. The fraction of sp³-hybridized carbons (Fsp3) is 0.150. The van der Waals surface area contributed by atoms with Gasteiger partial charge in [-0.3, -0.25) is 0 Å². The van der Waals surface area contributed by atoms with Crippen molar-refractivity contribution in [2.24, 2.45) is 0 Å². The highest BCUT2D eigenvalue weighted by molar-refractivity contribution is 5.83. The smallest absolute Gasteiger partial charge is 0.0958 e. The Hall–Kier alpha value is -2.65. The number of aliphatic hydroxyl groups is 1. The first-order chi connectivity index (χ1) is 11.3. The van der Waals surface area contributed by atoms with Gasteiger partial charge in [-0.05, 0) is 41.0 Å². The average molecular weight is 302 g/mol. The summed E-state index contributed by atoms with van der Waals surface area (Å²) in [5, 5.41) is 12.9. The quantitative estimate of drug-likeness (QED) is 0.610. The molecule has 4 rings (SSSR count). The van der Waals surface area contributed by atoms with E-state index in [0.717, 1.165) is 28.5 Å². The molecule has 1 aromatic heterocycles. The molecule has 23 heavy (non-hydrogen) atoms. The second-order valence-electron chi connectivity index (χ2n) is 5.84. The topological polar surface area (TPSA) is 38.0 Å². The van der Waals surface area contributed by atoms with Crippen molar-refractivity contribution in [2.75, 3.05) is 0 Å². The molecule has 0 aliphatic heterocycles. The number of imidazole rings is 1. The van der Waals surface area contributed by atoms with Crippen LogP contribution in [0.5, 0.6) is 0 Å². The van der Waals surface area contributed by atoms with Crippen LogP contribution in [-0.2, 0) is 6.54 Å². The molecule has 0 radical (unpaired) electrons. The minimum Gasteiger partial charge on any atom is -0.388 e. The average Bonchev–Trinajstić information content (AvgIpc) is 3.02. The minimum atomic E-state index is -0.472. The van der Waals surface area contributed by atoms with E-state index in [1.807, 2.05) is 42.7 Å². The Morgan fingerprint density at radius 2 is 1.70 bits per heavy atom. The molecule has 3 aromatic carbocycles. The molecular weight excluding hydrogens is 284 g/mol. The van der Waals surface area contributed by atoms with E-state index in [0.29, 0.717) is 6.42 Å². The molecule has 0 aliphatic carbocycles. The number of aromatic nitrogens is 2. The fourth-order valence-electron chi connectivity index (χ4n) is 3.03. The van der Waals surface area contributed by atoms with E-state index in [1.165, 1.54) is 5.39 Å². The van der Waals surface area contributed by atoms with Crippen LogP contribution in [0.4, 0.5) is 0 Å². The maximum absolute atomic E-state index is 10.5. The van der Waals surface area contributed by atoms with Gasteiger partial charge >= 0.3 is 0 Å². The molecule has 3 heteroatoms. The second kappa shape index (κ2) is 5.86. The third-order valence-corrected chi connectivity index (χ3v) is 4.33. The summed E-state index contributed by atoms with van der Waals surface area (Å²) in [6.07, 6.45) is 2.04. The molecule has 0 spiro atoms. The van der Waals surface area contributed by atoms with Gasteiger partial charge in [0, 0.05) is 6.54 Å². The number of hydrogen-bond acceptors (Lipinski definition) is 2. The SMILES string of the molecule is OC(CCn1cnc2ccccc21)c1ccc2ccccc2c1. The summed E-state index contributed by atoms with van der Waals surface area (Å²) in [6.45, 7) is 0.745. The monoisotopic (exact) mass is 302 g/mol. The Bertz CT molecular complexity index is 958. The lowest BCUT2D eigenvalue weighted by Gasteiger charge is -2.13. The molecule has 1 unspecified atom stereocenters. The molecule has 0 saturated carbocycles. The zero-order valence-corrected chi connectivity index (χ0v) is 12.8. The summed E-state index contributed by atoms with van der Waals surface area (Å²) in [6, 6.07) is 22.4. The summed E-state index contributed by atoms with van der Waals surface area (Å²) in [7, 11) is 0. The number of rotatable bonds is 4. The molecule has 0 bridgehead atoms. The van der Waals surface area contributed by atoms with E-state index in [1.54, 1.807) is 0 Å². The Balaban J connectivity index is 1.53. The van der Waals surface area contributed by atoms with Gasteiger partial charge in [0.25, 0.3) is 0 Å². The van der Waals surface area contributed by atoms with Gasteiger partial charge in [0.15, 0.2) is 0 Å². The van der Waals surface area contributed by atoms with Crippen molar-refractivity contribution in [3.05, 3.63) is 78.6 Å². The molecule has 114 valence electrons. The van der Waals surface area contributed by atoms with Crippen LogP contribution in [0.3, 0.4) is 0 Å². The van der Waals surface area contributed by atoms with E-state index in [2.05, 4.69) is 39.9 Å². The van der Waals surface area contributed by atoms with Gasteiger partial charge in [-0.15, -0.1) is 0 Å². The molecule has 0 fully saturated rings.